The molecule has 0 unspecified atom stereocenters. The highest BCUT2D eigenvalue weighted by molar-refractivity contribution is 6.31. The van der Waals surface area contributed by atoms with Gasteiger partial charge in [-0.1, -0.05) is 23.7 Å². The quantitative estimate of drug-likeness (QED) is 0.660. The van der Waals surface area contributed by atoms with Crippen LogP contribution in [0.4, 0.5) is 4.39 Å². The maximum absolute atomic E-state index is 12.9. The summed E-state index contributed by atoms with van der Waals surface area (Å²) in [6, 6.07) is 12.9. The van der Waals surface area contributed by atoms with Crippen molar-refractivity contribution >= 4 is 17.5 Å². The van der Waals surface area contributed by atoms with E-state index in [2.05, 4.69) is 10.4 Å². The van der Waals surface area contributed by atoms with Crippen LogP contribution >= 0.6 is 11.6 Å². The van der Waals surface area contributed by atoms with Gasteiger partial charge in [0.2, 0.25) is 0 Å². The second kappa shape index (κ2) is 8.68. The summed E-state index contributed by atoms with van der Waals surface area (Å²) >= 11 is 6.10. The van der Waals surface area contributed by atoms with E-state index < -0.39 is 0 Å². The summed E-state index contributed by atoms with van der Waals surface area (Å²) in [5.41, 5.74) is 2.22. The lowest BCUT2D eigenvalue weighted by Crippen LogP contribution is -2.24. The molecule has 0 bridgehead atoms. The molecule has 0 aliphatic rings. The van der Waals surface area contributed by atoms with Crippen LogP contribution in [0.15, 0.2) is 54.7 Å². The fourth-order valence-electron chi connectivity index (χ4n) is 2.55. The average molecular weight is 388 g/mol. The van der Waals surface area contributed by atoms with Crippen molar-refractivity contribution in [3.63, 3.8) is 0 Å². The van der Waals surface area contributed by atoms with E-state index in [1.54, 1.807) is 35.1 Å². The standard InChI is InChI=1S/C20H19ClFN3O2/c1-2-25-19(18(21)11-24-25)12-23-20(26)15-5-3-14(4-6-15)13-27-17-9-7-16(22)8-10-17/h3-11H,2,12-13H2,1H3,(H,23,26). The second-order valence-electron chi connectivity index (χ2n) is 5.88. The molecule has 140 valence electrons. The van der Waals surface area contributed by atoms with Crippen LogP contribution in [0.3, 0.4) is 0 Å². The van der Waals surface area contributed by atoms with Crippen LogP contribution in [0.5, 0.6) is 5.75 Å². The molecule has 0 aliphatic carbocycles. The number of rotatable bonds is 7. The number of hydrogen-bond donors (Lipinski definition) is 1. The third-order valence-electron chi connectivity index (χ3n) is 4.05. The lowest BCUT2D eigenvalue weighted by atomic mass is 10.1. The number of nitrogens with zero attached hydrogens (tertiary/aromatic N) is 2. The van der Waals surface area contributed by atoms with Crippen molar-refractivity contribution in [3.8, 4) is 5.75 Å². The van der Waals surface area contributed by atoms with Crippen molar-refractivity contribution in [1.29, 1.82) is 0 Å². The van der Waals surface area contributed by atoms with E-state index in [-0.39, 0.29) is 11.7 Å². The molecule has 1 aromatic heterocycles. The number of aryl methyl sites for hydroxylation is 1. The summed E-state index contributed by atoms with van der Waals surface area (Å²) in [4.78, 5) is 12.3. The molecule has 3 aromatic rings. The lowest BCUT2D eigenvalue weighted by molar-refractivity contribution is 0.0950. The highest BCUT2D eigenvalue weighted by Gasteiger charge is 2.11. The topological polar surface area (TPSA) is 56.2 Å². The summed E-state index contributed by atoms with van der Waals surface area (Å²) in [5, 5.41) is 7.53. The Bertz CT molecular complexity index is 908. The fourth-order valence-corrected chi connectivity index (χ4v) is 2.76. The van der Waals surface area contributed by atoms with Crippen molar-refractivity contribution in [2.75, 3.05) is 0 Å². The van der Waals surface area contributed by atoms with Gasteiger partial charge in [0.05, 0.1) is 23.5 Å². The molecule has 0 fully saturated rings. The number of carbonyl (C=O) groups is 1. The first-order chi connectivity index (χ1) is 13.1. The van der Waals surface area contributed by atoms with Crippen LogP contribution in [0.25, 0.3) is 0 Å². The number of amides is 1. The van der Waals surface area contributed by atoms with Gasteiger partial charge in [-0.3, -0.25) is 9.48 Å². The van der Waals surface area contributed by atoms with E-state index in [1.807, 2.05) is 19.1 Å². The van der Waals surface area contributed by atoms with Crippen molar-refractivity contribution in [1.82, 2.24) is 15.1 Å². The van der Waals surface area contributed by atoms with Gasteiger partial charge in [-0.05, 0) is 48.9 Å². The molecule has 0 atom stereocenters. The minimum atomic E-state index is -0.305. The minimum Gasteiger partial charge on any atom is -0.489 e. The molecule has 1 amide bonds. The predicted octanol–water partition coefficient (Wildman–Crippen LogP) is 4.20. The zero-order valence-electron chi connectivity index (χ0n) is 14.8. The zero-order chi connectivity index (χ0) is 19.2. The molecule has 0 saturated carbocycles. The van der Waals surface area contributed by atoms with Crippen LogP contribution in [-0.4, -0.2) is 15.7 Å². The van der Waals surface area contributed by atoms with Gasteiger partial charge in [0, 0.05) is 12.1 Å². The smallest absolute Gasteiger partial charge is 0.251 e. The monoisotopic (exact) mass is 387 g/mol. The summed E-state index contributed by atoms with van der Waals surface area (Å²) in [5.74, 6) is 0.0875. The molecule has 0 radical (unpaired) electrons. The number of aromatic nitrogens is 2. The maximum atomic E-state index is 12.9. The summed E-state index contributed by atoms with van der Waals surface area (Å²) < 4.78 is 20.2. The Labute approximate surface area is 161 Å². The summed E-state index contributed by atoms with van der Waals surface area (Å²) in [6.45, 7) is 3.28. The van der Waals surface area contributed by atoms with Crippen LogP contribution in [0, 0.1) is 5.82 Å². The van der Waals surface area contributed by atoms with E-state index in [1.165, 1.54) is 12.1 Å². The van der Waals surface area contributed by atoms with Gasteiger partial charge in [0.1, 0.15) is 18.2 Å². The Morgan fingerprint density at radius 3 is 2.56 bits per heavy atom. The van der Waals surface area contributed by atoms with Gasteiger partial charge in [0.15, 0.2) is 0 Å². The van der Waals surface area contributed by atoms with E-state index in [0.717, 1.165) is 11.3 Å². The van der Waals surface area contributed by atoms with Gasteiger partial charge in [-0.15, -0.1) is 0 Å². The second-order valence-corrected chi connectivity index (χ2v) is 6.28. The van der Waals surface area contributed by atoms with Gasteiger partial charge < -0.3 is 10.1 Å². The Balaban J connectivity index is 1.55. The highest BCUT2D eigenvalue weighted by atomic mass is 35.5. The largest absolute Gasteiger partial charge is 0.489 e. The number of nitrogens with one attached hydrogen (secondary N) is 1. The Morgan fingerprint density at radius 2 is 1.89 bits per heavy atom. The van der Waals surface area contributed by atoms with Crippen LogP contribution in [-0.2, 0) is 19.7 Å². The van der Waals surface area contributed by atoms with Gasteiger partial charge in [-0.25, -0.2) is 4.39 Å². The number of hydrogen-bond acceptors (Lipinski definition) is 3. The van der Waals surface area contributed by atoms with E-state index in [0.29, 0.717) is 36.0 Å². The van der Waals surface area contributed by atoms with Crippen LogP contribution in [0.2, 0.25) is 5.02 Å². The molecule has 2 aromatic carbocycles. The Kier molecular flexibility index (Phi) is 6.08. The molecule has 7 heteroatoms. The number of carbonyl (C=O) groups excluding carboxylic acids is 1. The third kappa shape index (κ3) is 4.86. The first kappa shape index (κ1) is 18.9. The molecule has 5 nitrogen and oxygen atoms in total. The van der Waals surface area contributed by atoms with Crippen LogP contribution < -0.4 is 10.1 Å². The molecular formula is C20H19ClFN3O2. The molecule has 0 spiro atoms. The summed E-state index contributed by atoms with van der Waals surface area (Å²) in [7, 11) is 0. The predicted molar refractivity (Wildman–Crippen MR) is 101 cm³/mol. The molecule has 0 aliphatic heterocycles. The molecule has 1 N–H and O–H groups in total. The molecule has 27 heavy (non-hydrogen) atoms. The first-order valence-electron chi connectivity index (χ1n) is 8.52. The average Bonchev–Trinajstić information content (AvgIpc) is 3.05. The number of halogens is 2. The fraction of sp³-hybridized carbons (Fsp3) is 0.200. The highest BCUT2D eigenvalue weighted by Crippen LogP contribution is 2.16. The van der Waals surface area contributed by atoms with E-state index in [9.17, 15) is 9.18 Å². The number of benzene rings is 2. The molecule has 0 saturated heterocycles. The van der Waals surface area contributed by atoms with Crippen molar-refractivity contribution in [2.24, 2.45) is 0 Å². The van der Waals surface area contributed by atoms with Gasteiger partial charge in [0.25, 0.3) is 5.91 Å². The first-order valence-corrected chi connectivity index (χ1v) is 8.90. The number of ether oxygens (including phenoxy) is 1. The van der Waals surface area contributed by atoms with Gasteiger partial charge >= 0.3 is 0 Å². The van der Waals surface area contributed by atoms with E-state index in [4.69, 9.17) is 16.3 Å². The van der Waals surface area contributed by atoms with Crippen molar-refractivity contribution < 1.29 is 13.9 Å². The zero-order valence-corrected chi connectivity index (χ0v) is 15.5. The third-order valence-corrected chi connectivity index (χ3v) is 4.36. The maximum Gasteiger partial charge on any atom is 0.251 e. The lowest BCUT2D eigenvalue weighted by Gasteiger charge is -2.09. The SMILES string of the molecule is CCn1ncc(Cl)c1CNC(=O)c1ccc(COc2ccc(F)cc2)cc1. The van der Waals surface area contributed by atoms with Crippen molar-refractivity contribution in [3.05, 3.63) is 82.4 Å². The van der Waals surface area contributed by atoms with Crippen molar-refractivity contribution in [2.45, 2.75) is 26.6 Å². The van der Waals surface area contributed by atoms with Crippen LogP contribution in [0.1, 0.15) is 28.5 Å². The summed E-state index contributed by atoms with van der Waals surface area (Å²) in [6.07, 6.45) is 1.57. The molecule has 1 heterocycles. The van der Waals surface area contributed by atoms with E-state index >= 15 is 0 Å². The van der Waals surface area contributed by atoms with Gasteiger partial charge in [-0.2, -0.15) is 5.10 Å². The Morgan fingerprint density at radius 1 is 1.19 bits per heavy atom. The Hall–Kier alpha value is -2.86. The normalized spacial score (nSPS) is 10.6. The minimum absolute atomic E-state index is 0.194. The molecular weight excluding hydrogens is 369 g/mol. The molecule has 3 rings (SSSR count).